The number of H-pyrrole nitrogens is 1. The van der Waals surface area contributed by atoms with Crippen molar-refractivity contribution in [3.63, 3.8) is 0 Å². The van der Waals surface area contributed by atoms with Gasteiger partial charge in [-0.05, 0) is 42.0 Å². The quantitative estimate of drug-likeness (QED) is 0.565. The summed E-state index contributed by atoms with van der Waals surface area (Å²) in [5.41, 5.74) is 1.85. The first-order chi connectivity index (χ1) is 13.8. The fraction of sp³-hybridized carbons (Fsp3) is 0.350. The Morgan fingerprint density at radius 2 is 2.21 bits per heavy atom. The molecule has 1 unspecified atom stereocenters. The van der Waals surface area contributed by atoms with E-state index >= 15 is 0 Å². The molecule has 1 saturated heterocycles. The van der Waals surface area contributed by atoms with Crippen LogP contribution >= 0.6 is 23.1 Å². The molecule has 0 saturated carbocycles. The number of nitrogens with one attached hydrogen (secondary N) is 1. The number of thioether (sulfide) groups is 1. The lowest BCUT2D eigenvalue weighted by molar-refractivity contribution is 0.0509. The minimum atomic E-state index is 0.0540. The van der Waals surface area contributed by atoms with Crippen molar-refractivity contribution in [1.29, 1.82) is 0 Å². The van der Waals surface area contributed by atoms with Gasteiger partial charge in [0, 0.05) is 29.3 Å². The summed E-state index contributed by atoms with van der Waals surface area (Å²) in [6.07, 6.45) is 3.73. The standard InChI is InChI=1S/C20H22N4O2S2/c25-19(16-7-5-15(6-8-16)13-28-20-21-14-22-23-20)24(11-17-3-1-9-26-17)12-18-4-2-10-27-18/h2,4-8,10,14,17H,1,3,9,11-13H2,(H,21,22,23). The largest absolute Gasteiger partial charge is 0.376 e. The number of carbonyl (C=O) groups excluding carboxylic acids is 1. The van der Waals surface area contributed by atoms with Gasteiger partial charge in [0.1, 0.15) is 6.33 Å². The van der Waals surface area contributed by atoms with Gasteiger partial charge in [-0.25, -0.2) is 4.98 Å². The summed E-state index contributed by atoms with van der Waals surface area (Å²) in [6, 6.07) is 11.9. The molecule has 1 aliphatic rings. The normalized spacial score (nSPS) is 16.4. The van der Waals surface area contributed by atoms with Crippen LogP contribution in [0.25, 0.3) is 0 Å². The Hall–Kier alpha value is -2.16. The van der Waals surface area contributed by atoms with Gasteiger partial charge in [0.25, 0.3) is 5.91 Å². The summed E-state index contributed by atoms with van der Waals surface area (Å²) in [5, 5.41) is 9.52. The van der Waals surface area contributed by atoms with E-state index in [0.29, 0.717) is 18.7 Å². The fourth-order valence-corrected chi connectivity index (χ4v) is 4.64. The van der Waals surface area contributed by atoms with Gasteiger partial charge in [0.05, 0.1) is 12.6 Å². The average molecular weight is 415 g/mol. The number of rotatable bonds is 8. The number of nitrogens with zero attached hydrogens (tertiary/aromatic N) is 3. The molecule has 4 rings (SSSR count). The van der Waals surface area contributed by atoms with E-state index in [4.69, 9.17) is 4.74 Å². The van der Waals surface area contributed by atoms with Crippen molar-refractivity contribution in [2.45, 2.75) is 36.4 Å². The van der Waals surface area contributed by atoms with Crippen LogP contribution in [-0.2, 0) is 17.0 Å². The van der Waals surface area contributed by atoms with Crippen molar-refractivity contribution < 1.29 is 9.53 Å². The van der Waals surface area contributed by atoms with Gasteiger partial charge in [0.2, 0.25) is 0 Å². The van der Waals surface area contributed by atoms with Crippen LogP contribution in [0.3, 0.4) is 0 Å². The molecule has 8 heteroatoms. The van der Waals surface area contributed by atoms with Crippen LogP contribution in [0.4, 0.5) is 0 Å². The third-order valence-electron chi connectivity index (χ3n) is 4.63. The summed E-state index contributed by atoms with van der Waals surface area (Å²) in [6.45, 7) is 2.06. The van der Waals surface area contributed by atoms with E-state index < -0.39 is 0 Å². The molecule has 3 heterocycles. The van der Waals surface area contributed by atoms with Crippen LogP contribution in [0.5, 0.6) is 0 Å². The maximum absolute atomic E-state index is 13.2. The van der Waals surface area contributed by atoms with E-state index in [-0.39, 0.29) is 12.0 Å². The van der Waals surface area contributed by atoms with Gasteiger partial charge in [-0.3, -0.25) is 9.89 Å². The molecule has 1 N–H and O–H groups in total. The number of hydrogen-bond donors (Lipinski definition) is 1. The molecule has 0 bridgehead atoms. The molecule has 1 amide bonds. The molecule has 6 nitrogen and oxygen atoms in total. The summed E-state index contributed by atoms with van der Waals surface area (Å²) in [4.78, 5) is 20.4. The predicted molar refractivity (Wildman–Crippen MR) is 110 cm³/mol. The molecule has 3 aromatic rings. The topological polar surface area (TPSA) is 71.1 Å². The molecule has 1 aliphatic heterocycles. The second-order valence-corrected chi connectivity index (χ2v) is 8.67. The average Bonchev–Trinajstić information content (AvgIpc) is 3.49. The summed E-state index contributed by atoms with van der Waals surface area (Å²) < 4.78 is 5.77. The van der Waals surface area contributed by atoms with Gasteiger partial charge in [-0.1, -0.05) is 30.0 Å². The summed E-state index contributed by atoms with van der Waals surface area (Å²) in [5.74, 6) is 0.830. The number of carbonyl (C=O) groups is 1. The molecule has 1 fully saturated rings. The maximum atomic E-state index is 13.2. The maximum Gasteiger partial charge on any atom is 0.254 e. The molecule has 2 aromatic heterocycles. The minimum absolute atomic E-state index is 0.0540. The Balaban J connectivity index is 1.42. The Kier molecular flexibility index (Phi) is 6.41. The third kappa shape index (κ3) is 5.01. The highest BCUT2D eigenvalue weighted by molar-refractivity contribution is 7.98. The van der Waals surface area contributed by atoms with Crippen molar-refractivity contribution >= 4 is 29.0 Å². The smallest absolute Gasteiger partial charge is 0.254 e. The highest BCUT2D eigenvalue weighted by atomic mass is 32.2. The molecule has 0 aliphatic carbocycles. The lowest BCUT2D eigenvalue weighted by Gasteiger charge is -2.25. The van der Waals surface area contributed by atoms with Crippen LogP contribution in [0.2, 0.25) is 0 Å². The lowest BCUT2D eigenvalue weighted by Crippen LogP contribution is -2.36. The second-order valence-electron chi connectivity index (χ2n) is 6.68. The Morgan fingerprint density at radius 3 is 2.89 bits per heavy atom. The van der Waals surface area contributed by atoms with Gasteiger partial charge in [0.15, 0.2) is 5.16 Å². The zero-order chi connectivity index (χ0) is 19.2. The molecule has 1 aromatic carbocycles. The molecular formula is C20H22N4O2S2. The number of aromatic nitrogens is 3. The number of hydrogen-bond acceptors (Lipinski definition) is 6. The van der Waals surface area contributed by atoms with Crippen molar-refractivity contribution in [2.75, 3.05) is 13.2 Å². The van der Waals surface area contributed by atoms with Crippen LogP contribution in [0, 0.1) is 0 Å². The van der Waals surface area contributed by atoms with E-state index in [1.807, 2.05) is 40.6 Å². The van der Waals surface area contributed by atoms with Crippen molar-refractivity contribution in [2.24, 2.45) is 0 Å². The van der Waals surface area contributed by atoms with Crippen molar-refractivity contribution in [3.8, 4) is 0 Å². The monoisotopic (exact) mass is 414 g/mol. The van der Waals surface area contributed by atoms with Crippen molar-refractivity contribution in [3.05, 3.63) is 64.1 Å². The number of thiophene rings is 1. The number of benzene rings is 1. The molecule has 0 spiro atoms. The first-order valence-corrected chi connectivity index (χ1v) is 11.1. The van der Waals surface area contributed by atoms with Crippen LogP contribution < -0.4 is 0 Å². The van der Waals surface area contributed by atoms with Gasteiger partial charge in [-0.2, -0.15) is 5.10 Å². The zero-order valence-corrected chi connectivity index (χ0v) is 17.0. The SMILES string of the molecule is O=C(c1ccc(CSc2ncn[nH]2)cc1)N(Cc1cccs1)CC1CCCO1. The van der Waals surface area contributed by atoms with E-state index in [2.05, 4.69) is 21.2 Å². The molecule has 28 heavy (non-hydrogen) atoms. The summed E-state index contributed by atoms with van der Waals surface area (Å²) in [7, 11) is 0. The third-order valence-corrected chi connectivity index (χ3v) is 6.44. The number of aromatic amines is 1. The minimum Gasteiger partial charge on any atom is -0.376 e. The molecule has 0 radical (unpaired) electrons. The predicted octanol–water partition coefficient (Wildman–Crippen LogP) is 3.98. The Morgan fingerprint density at radius 1 is 1.32 bits per heavy atom. The lowest BCUT2D eigenvalue weighted by atomic mass is 10.1. The van der Waals surface area contributed by atoms with Crippen LogP contribution in [-0.4, -0.2) is 45.2 Å². The summed E-state index contributed by atoms with van der Waals surface area (Å²) >= 11 is 3.26. The van der Waals surface area contributed by atoms with Gasteiger partial charge in [-0.15, -0.1) is 11.3 Å². The highest BCUT2D eigenvalue weighted by Crippen LogP contribution is 2.21. The van der Waals surface area contributed by atoms with Crippen molar-refractivity contribution in [1.82, 2.24) is 20.1 Å². The Bertz CT molecular complexity index is 860. The Labute approximate surface area is 172 Å². The molecule has 146 valence electrons. The van der Waals surface area contributed by atoms with Gasteiger partial charge >= 0.3 is 0 Å². The van der Waals surface area contributed by atoms with E-state index in [1.165, 1.54) is 11.2 Å². The fourth-order valence-electron chi connectivity index (χ4n) is 3.19. The molecule has 1 atom stereocenters. The number of ether oxygens (including phenoxy) is 1. The van der Waals surface area contributed by atoms with Crippen LogP contribution in [0.1, 0.15) is 33.6 Å². The second kappa shape index (κ2) is 9.36. The molecular weight excluding hydrogens is 392 g/mol. The number of amides is 1. The first-order valence-electron chi connectivity index (χ1n) is 9.28. The van der Waals surface area contributed by atoms with E-state index in [0.717, 1.165) is 35.9 Å². The first kappa shape index (κ1) is 19.2. The van der Waals surface area contributed by atoms with E-state index in [1.54, 1.807) is 23.1 Å². The van der Waals surface area contributed by atoms with Crippen LogP contribution in [0.15, 0.2) is 53.3 Å². The van der Waals surface area contributed by atoms with E-state index in [9.17, 15) is 4.79 Å². The highest BCUT2D eigenvalue weighted by Gasteiger charge is 2.24. The zero-order valence-electron chi connectivity index (χ0n) is 15.4. The van der Waals surface area contributed by atoms with Gasteiger partial charge < -0.3 is 9.64 Å².